The molecule has 1 aromatic heterocycles. The zero-order valence-electron chi connectivity index (χ0n) is 15.7. The van der Waals surface area contributed by atoms with E-state index in [0.29, 0.717) is 30.2 Å². The first-order valence-electron chi connectivity index (χ1n) is 9.21. The van der Waals surface area contributed by atoms with E-state index in [1.54, 1.807) is 0 Å². The van der Waals surface area contributed by atoms with Crippen molar-refractivity contribution in [3.8, 4) is 0 Å². The first-order chi connectivity index (χ1) is 13.2. The Kier molecular flexibility index (Phi) is 6.61. The number of fused-ring (bicyclic) bond motifs is 1. The number of amides is 1. The van der Waals surface area contributed by atoms with Crippen molar-refractivity contribution in [1.82, 2.24) is 25.7 Å². The molecule has 0 bridgehead atoms. The Morgan fingerprint density at radius 2 is 2.11 bits per heavy atom. The van der Waals surface area contributed by atoms with Crippen LogP contribution in [0.2, 0.25) is 0 Å². The number of hydrogen-bond donors (Lipinski definition) is 2. The fourth-order valence-electron chi connectivity index (χ4n) is 3.31. The molecule has 1 fully saturated rings. The van der Waals surface area contributed by atoms with Crippen molar-refractivity contribution in [2.75, 3.05) is 33.2 Å². The maximum absolute atomic E-state index is 12.4. The van der Waals surface area contributed by atoms with Gasteiger partial charge >= 0.3 is 0 Å². The van der Waals surface area contributed by atoms with E-state index >= 15 is 0 Å². The van der Waals surface area contributed by atoms with Gasteiger partial charge in [0.2, 0.25) is 5.89 Å². The average Bonchev–Trinajstić information content (AvgIpc) is 3.16. The van der Waals surface area contributed by atoms with Crippen LogP contribution in [0.15, 0.2) is 47.0 Å². The van der Waals surface area contributed by atoms with Crippen molar-refractivity contribution in [3.63, 3.8) is 0 Å². The predicted molar refractivity (Wildman–Crippen MR) is 110 cm³/mol. The number of aromatic nitrogens is 2. The van der Waals surface area contributed by atoms with E-state index in [0.717, 1.165) is 30.4 Å². The molecule has 0 radical (unpaired) electrons. The van der Waals surface area contributed by atoms with E-state index in [-0.39, 0.29) is 24.4 Å². The number of hydrogen-bond acceptors (Lipinski definition) is 6. The van der Waals surface area contributed by atoms with Crippen LogP contribution in [0.1, 0.15) is 28.1 Å². The Morgan fingerprint density at radius 3 is 2.93 bits per heavy atom. The van der Waals surface area contributed by atoms with E-state index < -0.39 is 0 Å². The van der Waals surface area contributed by atoms with Crippen molar-refractivity contribution >= 4 is 29.1 Å². The Balaban J connectivity index is 0.00000225. The normalized spacial score (nSPS) is 17.2. The number of nitrogens with one attached hydrogen (secondary N) is 2. The molecule has 2 heterocycles. The summed E-state index contributed by atoms with van der Waals surface area (Å²) < 4.78 is 5.34. The van der Waals surface area contributed by atoms with Crippen molar-refractivity contribution in [3.05, 3.63) is 59.7 Å². The van der Waals surface area contributed by atoms with Crippen molar-refractivity contribution < 1.29 is 9.32 Å². The van der Waals surface area contributed by atoms with Gasteiger partial charge in [-0.3, -0.25) is 9.69 Å². The Hall–Kier alpha value is -2.48. The third-order valence-corrected chi connectivity index (χ3v) is 4.93. The molecule has 1 amide bonds. The standard InChI is InChI=1S/C20H23N5O2.ClH/c1-25-11-10-21-13-17(25)19-23-18(27-24-19)8-9-22-20(26)16-7-6-14-4-2-3-5-15(14)12-16;/h2-7,12,17,21H,8-11,13H2,1H3,(H,22,26);1H. The van der Waals surface area contributed by atoms with Gasteiger partial charge in [0.1, 0.15) is 0 Å². The number of benzene rings is 2. The molecule has 7 nitrogen and oxygen atoms in total. The smallest absolute Gasteiger partial charge is 0.251 e. The minimum atomic E-state index is -0.100. The van der Waals surface area contributed by atoms with Gasteiger partial charge in [-0.1, -0.05) is 35.5 Å². The highest BCUT2D eigenvalue weighted by molar-refractivity contribution is 5.98. The maximum Gasteiger partial charge on any atom is 0.251 e. The van der Waals surface area contributed by atoms with Crippen LogP contribution in [-0.2, 0) is 6.42 Å². The van der Waals surface area contributed by atoms with Gasteiger partial charge in [0, 0.05) is 38.2 Å². The quantitative estimate of drug-likeness (QED) is 0.682. The molecule has 1 unspecified atom stereocenters. The SMILES string of the molecule is CN1CCNCC1c1noc(CCNC(=O)c2ccc3ccccc3c2)n1.Cl. The molecule has 1 aliphatic rings. The van der Waals surface area contributed by atoms with Crippen LogP contribution < -0.4 is 10.6 Å². The second kappa shape index (κ2) is 9.14. The largest absolute Gasteiger partial charge is 0.352 e. The number of rotatable bonds is 5. The summed E-state index contributed by atoms with van der Waals surface area (Å²) in [5, 5.41) is 12.5. The predicted octanol–water partition coefficient (Wildman–Crippen LogP) is 2.19. The van der Waals surface area contributed by atoms with E-state index in [9.17, 15) is 4.79 Å². The summed E-state index contributed by atoms with van der Waals surface area (Å²) >= 11 is 0. The van der Waals surface area contributed by atoms with E-state index in [1.165, 1.54) is 0 Å². The molecule has 0 aliphatic carbocycles. The van der Waals surface area contributed by atoms with Gasteiger partial charge in [-0.15, -0.1) is 12.4 Å². The van der Waals surface area contributed by atoms with Gasteiger partial charge in [0.15, 0.2) is 5.82 Å². The fourth-order valence-corrected chi connectivity index (χ4v) is 3.31. The van der Waals surface area contributed by atoms with Gasteiger partial charge in [-0.05, 0) is 30.0 Å². The summed E-state index contributed by atoms with van der Waals surface area (Å²) in [5.41, 5.74) is 0.648. The molecule has 2 N–H and O–H groups in total. The zero-order valence-corrected chi connectivity index (χ0v) is 16.5. The lowest BCUT2D eigenvalue weighted by Gasteiger charge is -2.30. The molecule has 3 aromatic rings. The van der Waals surface area contributed by atoms with Gasteiger partial charge < -0.3 is 15.2 Å². The van der Waals surface area contributed by atoms with Crippen molar-refractivity contribution in [1.29, 1.82) is 0 Å². The fraction of sp³-hybridized carbons (Fsp3) is 0.350. The lowest BCUT2D eigenvalue weighted by atomic mass is 10.1. The first-order valence-corrected chi connectivity index (χ1v) is 9.21. The van der Waals surface area contributed by atoms with Crippen molar-refractivity contribution in [2.45, 2.75) is 12.5 Å². The van der Waals surface area contributed by atoms with Crippen molar-refractivity contribution in [2.24, 2.45) is 0 Å². The van der Waals surface area contributed by atoms with Gasteiger partial charge in [-0.25, -0.2) is 0 Å². The van der Waals surface area contributed by atoms with Crippen LogP contribution in [0.3, 0.4) is 0 Å². The Morgan fingerprint density at radius 1 is 1.29 bits per heavy atom. The highest BCUT2D eigenvalue weighted by Crippen LogP contribution is 2.18. The molecule has 28 heavy (non-hydrogen) atoms. The number of carbonyl (C=O) groups excluding carboxylic acids is 1. The number of piperazine rings is 1. The van der Waals surface area contributed by atoms with Gasteiger partial charge in [-0.2, -0.15) is 4.98 Å². The summed E-state index contributed by atoms with van der Waals surface area (Å²) in [6, 6.07) is 13.8. The molecule has 0 saturated carbocycles. The summed E-state index contributed by atoms with van der Waals surface area (Å²) in [6.45, 7) is 3.19. The number of nitrogens with zero attached hydrogens (tertiary/aromatic N) is 3. The molecule has 4 rings (SSSR count). The molecule has 1 saturated heterocycles. The zero-order chi connectivity index (χ0) is 18.6. The van der Waals surface area contributed by atoms with E-state index in [2.05, 4.69) is 32.7 Å². The minimum absolute atomic E-state index is 0. The lowest BCUT2D eigenvalue weighted by molar-refractivity contribution is 0.0953. The topological polar surface area (TPSA) is 83.3 Å². The molecule has 148 valence electrons. The molecule has 1 aliphatic heterocycles. The molecule has 1 atom stereocenters. The molecular weight excluding hydrogens is 378 g/mol. The summed E-state index contributed by atoms with van der Waals surface area (Å²) in [5.74, 6) is 1.14. The Labute approximate surface area is 169 Å². The number of likely N-dealkylation sites (N-methyl/N-ethyl adjacent to an activating group) is 1. The maximum atomic E-state index is 12.4. The summed E-state index contributed by atoms with van der Waals surface area (Å²) in [6.07, 6.45) is 0.510. The first kappa shape index (κ1) is 20.3. The number of carbonyl (C=O) groups is 1. The minimum Gasteiger partial charge on any atom is -0.352 e. The van der Waals surface area contributed by atoms with Crippen LogP contribution >= 0.6 is 12.4 Å². The second-order valence-corrected chi connectivity index (χ2v) is 6.81. The third kappa shape index (κ3) is 4.49. The average molecular weight is 402 g/mol. The molecular formula is C20H24ClN5O2. The number of halogens is 1. The van der Waals surface area contributed by atoms with Crippen LogP contribution in [0, 0.1) is 0 Å². The molecule has 0 spiro atoms. The second-order valence-electron chi connectivity index (χ2n) is 6.81. The van der Waals surface area contributed by atoms with Crippen LogP contribution in [0.25, 0.3) is 10.8 Å². The molecule has 8 heteroatoms. The third-order valence-electron chi connectivity index (χ3n) is 4.93. The lowest BCUT2D eigenvalue weighted by Crippen LogP contribution is -2.44. The Bertz CT molecular complexity index is 945. The van der Waals surface area contributed by atoms with Crippen LogP contribution in [-0.4, -0.2) is 54.2 Å². The van der Waals surface area contributed by atoms with E-state index in [1.807, 2.05) is 42.5 Å². The van der Waals surface area contributed by atoms with Gasteiger partial charge in [0.05, 0.1) is 6.04 Å². The summed E-state index contributed by atoms with van der Waals surface area (Å²) in [4.78, 5) is 19.1. The monoisotopic (exact) mass is 401 g/mol. The highest BCUT2D eigenvalue weighted by Gasteiger charge is 2.25. The highest BCUT2D eigenvalue weighted by atomic mass is 35.5. The molecule has 2 aromatic carbocycles. The van der Waals surface area contributed by atoms with E-state index in [4.69, 9.17) is 4.52 Å². The van der Waals surface area contributed by atoms with Crippen LogP contribution in [0.4, 0.5) is 0 Å². The van der Waals surface area contributed by atoms with Gasteiger partial charge in [0.25, 0.3) is 5.91 Å². The summed E-state index contributed by atoms with van der Waals surface area (Å²) in [7, 11) is 2.06. The van der Waals surface area contributed by atoms with Crippen LogP contribution in [0.5, 0.6) is 0 Å².